The van der Waals surface area contributed by atoms with Gasteiger partial charge >= 0.3 is 12.0 Å². The lowest BCUT2D eigenvalue weighted by atomic mass is 9.81. The Morgan fingerprint density at radius 1 is 1.45 bits per heavy atom. The number of amides is 2. The minimum Gasteiger partial charge on any atom is -0.481 e. The fraction of sp³-hybridized carbons (Fsp3) is 0.467. The number of fused-ring (bicyclic) bond motifs is 1. The van der Waals surface area contributed by atoms with Gasteiger partial charge in [0.05, 0.1) is 11.1 Å². The zero-order chi connectivity index (χ0) is 15.9. The molecule has 1 saturated heterocycles. The molecule has 1 saturated carbocycles. The van der Waals surface area contributed by atoms with E-state index >= 15 is 0 Å². The van der Waals surface area contributed by atoms with E-state index in [1.54, 1.807) is 23.1 Å². The van der Waals surface area contributed by atoms with Gasteiger partial charge in [0.25, 0.3) is 0 Å². The Hall–Kier alpha value is -1.27. The molecule has 0 spiro atoms. The second kappa shape index (κ2) is 5.74. The molecule has 2 amide bonds. The van der Waals surface area contributed by atoms with Crippen LogP contribution in [0.3, 0.4) is 0 Å². The SMILES string of the molecule is O=C(Nc1ccc(Cl)cc1Br)N1C[C@@H]2CCC[C@@]2(C(=O)O)C1. The van der Waals surface area contributed by atoms with Crippen molar-refractivity contribution in [1.29, 1.82) is 0 Å². The third-order valence-corrected chi connectivity index (χ3v) is 5.65. The van der Waals surface area contributed by atoms with E-state index in [1.165, 1.54) is 0 Å². The van der Waals surface area contributed by atoms with E-state index in [9.17, 15) is 14.7 Å². The summed E-state index contributed by atoms with van der Waals surface area (Å²) in [5, 5.41) is 12.9. The molecular weight excluding hydrogens is 372 g/mol. The molecule has 2 aliphatic rings. The molecule has 0 bridgehead atoms. The highest BCUT2D eigenvalue weighted by Gasteiger charge is 2.55. The fourth-order valence-corrected chi connectivity index (χ4v) is 4.36. The first-order valence-electron chi connectivity index (χ1n) is 7.17. The number of nitrogens with one attached hydrogen (secondary N) is 1. The number of carbonyl (C=O) groups excluding carboxylic acids is 1. The van der Waals surface area contributed by atoms with Crippen LogP contribution in [-0.4, -0.2) is 35.1 Å². The summed E-state index contributed by atoms with van der Waals surface area (Å²) in [7, 11) is 0. The van der Waals surface area contributed by atoms with Gasteiger partial charge in [0, 0.05) is 22.6 Å². The van der Waals surface area contributed by atoms with E-state index in [4.69, 9.17) is 11.6 Å². The number of carbonyl (C=O) groups is 2. The number of hydrogen-bond donors (Lipinski definition) is 2. The number of halogens is 2. The lowest BCUT2D eigenvalue weighted by Gasteiger charge is -2.23. The first kappa shape index (κ1) is 15.6. The van der Waals surface area contributed by atoms with Crippen molar-refractivity contribution in [3.8, 4) is 0 Å². The summed E-state index contributed by atoms with van der Waals surface area (Å²) in [6.07, 6.45) is 2.46. The van der Waals surface area contributed by atoms with Crippen LogP contribution in [0, 0.1) is 11.3 Å². The zero-order valence-corrected chi connectivity index (χ0v) is 14.2. The van der Waals surface area contributed by atoms with E-state index < -0.39 is 11.4 Å². The molecule has 7 heteroatoms. The van der Waals surface area contributed by atoms with Crippen molar-refractivity contribution in [3.63, 3.8) is 0 Å². The quantitative estimate of drug-likeness (QED) is 0.810. The van der Waals surface area contributed by atoms with Gasteiger partial charge in [0.15, 0.2) is 0 Å². The van der Waals surface area contributed by atoms with Gasteiger partial charge in [-0.2, -0.15) is 0 Å². The molecular formula is C15H16BrClN2O3. The highest BCUT2D eigenvalue weighted by atomic mass is 79.9. The molecule has 0 unspecified atom stereocenters. The zero-order valence-electron chi connectivity index (χ0n) is 11.8. The van der Waals surface area contributed by atoms with E-state index in [2.05, 4.69) is 21.2 Å². The Balaban J connectivity index is 1.73. The Kier molecular flexibility index (Phi) is 4.07. The van der Waals surface area contributed by atoms with Crippen molar-refractivity contribution in [2.45, 2.75) is 19.3 Å². The first-order valence-corrected chi connectivity index (χ1v) is 8.34. The molecule has 1 aliphatic heterocycles. The molecule has 5 nitrogen and oxygen atoms in total. The van der Waals surface area contributed by atoms with Crippen molar-refractivity contribution in [2.75, 3.05) is 18.4 Å². The molecule has 2 N–H and O–H groups in total. The number of rotatable bonds is 2. The van der Waals surface area contributed by atoms with Crippen molar-refractivity contribution in [1.82, 2.24) is 4.90 Å². The summed E-state index contributed by atoms with van der Waals surface area (Å²) in [6.45, 7) is 0.785. The van der Waals surface area contributed by atoms with E-state index in [0.29, 0.717) is 28.1 Å². The number of hydrogen-bond acceptors (Lipinski definition) is 2. The van der Waals surface area contributed by atoms with Crippen molar-refractivity contribution < 1.29 is 14.7 Å². The van der Waals surface area contributed by atoms with Crippen LogP contribution in [0.15, 0.2) is 22.7 Å². The maximum Gasteiger partial charge on any atom is 0.321 e. The van der Waals surface area contributed by atoms with Gasteiger partial charge < -0.3 is 15.3 Å². The lowest BCUT2D eigenvalue weighted by Crippen LogP contribution is -2.38. The van der Waals surface area contributed by atoms with Crippen LogP contribution < -0.4 is 5.32 Å². The smallest absolute Gasteiger partial charge is 0.321 e. The molecule has 1 aromatic rings. The predicted octanol–water partition coefficient (Wildman–Crippen LogP) is 3.82. The highest BCUT2D eigenvalue weighted by Crippen LogP contribution is 2.49. The second-order valence-corrected chi connectivity index (χ2v) is 7.28. The minimum absolute atomic E-state index is 0.0596. The Bertz CT molecular complexity index is 639. The van der Waals surface area contributed by atoms with Crippen LogP contribution in [0.5, 0.6) is 0 Å². The normalized spacial score (nSPS) is 26.8. The number of likely N-dealkylation sites (tertiary alicyclic amines) is 1. The molecule has 1 aliphatic carbocycles. The number of urea groups is 1. The third-order valence-electron chi connectivity index (χ3n) is 4.76. The summed E-state index contributed by atoms with van der Waals surface area (Å²) < 4.78 is 0.695. The van der Waals surface area contributed by atoms with Crippen molar-refractivity contribution >= 4 is 45.2 Å². The Labute approximate surface area is 141 Å². The van der Waals surface area contributed by atoms with Gasteiger partial charge in [0.1, 0.15) is 0 Å². The first-order chi connectivity index (χ1) is 10.4. The fourth-order valence-electron chi connectivity index (χ4n) is 3.58. The molecule has 1 heterocycles. The summed E-state index contributed by atoms with van der Waals surface area (Å²) in [4.78, 5) is 25.7. The maximum absolute atomic E-state index is 12.4. The summed E-state index contributed by atoms with van der Waals surface area (Å²) in [5.41, 5.74) is -0.134. The Morgan fingerprint density at radius 3 is 2.86 bits per heavy atom. The topological polar surface area (TPSA) is 69.6 Å². The monoisotopic (exact) mass is 386 g/mol. The molecule has 2 atom stereocenters. The van der Waals surface area contributed by atoms with E-state index in [-0.39, 0.29) is 18.5 Å². The van der Waals surface area contributed by atoms with Crippen LogP contribution in [0.1, 0.15) is 19.3 Å². The number of nitrogens with zero attached hydrogens (tertiary/aromatic N) is 1. The maximum atomic E-state index is 12.4. The molecule has 118 valence electrons. The summed E-state index contributed by atoms with van der Waals surface area (Å²) in [6, 6.07) is 4.85. The van der Waals surface area contributed by atoms with Crippen LogP contribution >= 0.6 is 27.5 Å². The Morgan fingerprint density at radius 2 is 2.23 bits per heavy atom. The van der Waals surface area contributed by atoms with E-state index in [0.717, 1.165) is 12.8 Å². The van der Waals surface area contributed by atoms with Gasteiger partial charge in [-0.15, -0.1) is 0 Å². The largest absolute Gasteiger partial charge is 0.481 e. The molecule has 0 radical (unpaired) electrons. The second-order valence-electron chi connectivity index (χ2n) is 5.99. The van der Waals surface area contributed by atoms with Crippen LogP contribution in [-0.2, 0) is 4.79 Å². The summed E-state index contributed by atoms with van der Waals surface area (Å²) >= 11 is 9.23. The predicted molar refractivity (Wildman–Crippen MR) is 87.2 cm³/mol. The van der Waals surface area contributed by atoms with Gasteiger partial charge in [-0.05, 0) is 52.9 Å². The van der Waals surface area contributed by atoms with Gasteiger partial charge in [-0.3, -0.25) is 4.79 Å². The minimum atomic E-state index is -0.780. The molecule has 3 rings (SSSR count). The van der Waals surface area contributed by atoms with E-state index in [1.807, 2.05) is 0 Å². The van der Waals surface area contributed by atoms with Crippen LogP contribution in [0.4, 0.5) is 10.5 Å². The molecule has 22 heavy (non-hydrogen) atoms. The number of aliphatic carboxylic acids is 1. The van der Waals surface area contributed by atoms with Gasteiger partial charge in [-0.25, -0.2) is 4.79 Å². The lowest BCUT2D eigenvalue weighted by molar-refractivity contribution is -0.149. The molecule has 2 fully saturated rings. The number of anilines is 1. The molecule has 0 aromatic heterocycles. The number of carboxylic acids is 1. The van der Waals surface area contributed by atoms with Crippen molar-refractivity contribution in [3.05, 3.63) is 27.7 Å². The van der Waals surface area contributed by atoms with Crippen LogP contribution in [0.25, 0.3) is 0 Å². The number of benzene rings is 1. The highest BCUT2D eigenvalue weighted by molar-refractivity contribution is 9.10. The number of carboxylic acid groups (broad SMARTS) is 1. The average molecular weight is 388 g/mol. The molecule has 1 aromatic carbocycles. The van der Waals surface area contributed by atoms with Crippen molar-refractivity contribution in [2.24, 2.45) is 11.3 Å². The third kappa shape index (κ3) is 2.58. The standard InChI is InChI=1S/C15H16BrClN2O3/c16-11-6-10(17)3-4-12(11)18-14(22)19-7-9-2-1-5-15(9,8-19)13(20)21/h3-4,6,9H,1-2,5,7-8H2,(H,18,22)(H,20,21)/t9-,15+/m0/s1. The summed E-state index contributed by atoms with van der Waals surface area (Å²) in [5.74, 6) is -0.720. The van der Waals surface area contributed by atoms with Gasteiger partial charge in [0.2, 0.25) is 0 Å². The average Bonchev–Trinajstić information content (AvgIpc) is 2.99. The van der Waals surface area contributed by atoms with Gasteiger partial charge in [-0.1, -0.05) is 18.0 Å². The van der Waals surface area contributed by atoms with Crippen LogP contribution in [0.2, 0.25) is 5.02 Å².